The maximum absolute atomic E-state index is 12.2. The number of aryl methyl sites for hydroxylation is 1. The fourth-order valence-corrected chi connectivity index (χ4v) is 2.01. The van der Waals surface area contributed by atoms with Crippen LogP contribution in [-0.4, -0.2) is 21.6 Å². The zero-order chi connectivity index (χ0) is 12.3. The van der Waals surface area contributed by atoms with Gasteiger partial charge in [-0.2, -0.15) is 5.10 Å². The molecule has 1 aromatic heterocycles. The largest absolute Gasteiger partial charge is 0.321 e. The highest BCUT2D eigenvalue weighted by Crippen LogP contribution is 2.20. The van der Waals surface area contributed by atoms with Crippen molar-refractivity contribution in [3.63, 3.8) is 0 Å². The van der Waals surface area contributed by atoms with Crippen molar-refractivity contribution >= 4 is 21.7 Å². The summed E-state index contributed by atoms with van der Waals surface area (Å²) in [5.41, 5.74) is 6.52. The highest BCUT2D eigenvalue weighted by Gasteiger charge is 2.25. The van der Waals surface area contributed by atoms with Crippen molar-refractivity contribution in [1.82, 2.24) is 9.78 Å². The zero-order valence-electron chi connectivity index (χ0n) is 9.90. The minimum Gasteiger partial charge on any atom is -0.321 e. The highest BCUT2D eigenvalue weighted by molar-refractivity contribution is 9.10. The summed E-state index contributed by atoms with van der Waals surface area (Å²) in [6.45, 7) is 6.64. The van der Waals surface area contributed by atoms with E-state index in [1.54, 1.807) is 10.9 Å². The Kier molecular flexibility index (Phi) is 4.68. The van der Waals surface area contributed by atoms with Crippen molar-refractivity contribution in [2.45, 2.75) is 39.8 Å². The number of rotatable bonds is 5. The molecule has 0 saturated carbocycles. The SMILES string of the molecule is CCC(C)C(N)C(=O)c1c(Br)cnn1CC. The van der Waals surface area contributed by atoms with Gasteiger partial charge in [0, 0.05) is 6.54 Å². The van der Waals surface area contributed by atoms with Gasteiger partial charge >= 0.3 is 0 Å². The molecule has 0 amide bonds. The maximum atomic E-state index is 12.2. The predicted molar refractivity (Wildman–Crippen MR) is 67.4 cm³/mol. The van der Waals surface area contributed by atoms with E-state index in [0.29, 0.717) is 12.2 Å². The van der Waals surface area contributed by atoms with Crippen LogP contribution < -0.4 is 5.73 Å². The van der Waals surface area contributed by atoms with Crippen LogP contribution >= 0.6 is 15.9 Å². The Balaban J connectivity index is 2.99. The lowest BCUT2D eigenvalue weighted by molar-refractivity contribution is 0.0923. The number of Topliss-reactive ketones (excluding diaryl/α,β-unsaturated/α-hetero) is 1. The molecule has 0 aliphatic rings. The van der Waals surface area contributed by atoms with E-state index < -0.39 is 6.04 Å². The highest BCUT2D eigenvalue weighted by atomic mass is 79.9. The topological polar surface area (TPSA) is 60.9 Å². The van der Waals surface area contributed by atoms with Crippen LogP contribution in [0.4, 0.5) is 0 Å². The van der Waals surface area contributed by atoms with Crippen molar-refractivity contribution in [2.24, 2.45) is 11.7 Å². The Morgan fingerprint density at radius 3 is 2.75 bits per heavy atom. The van der Waals surface area contributed by atoms with Gasteiger partial charge in [0.05, 0.1) is 16.7 Å². The lowest BCUT2D eigenvalue weighted by Crippen LogP contribution is -2.38. The van der Waals surface area contributed by atoms with Gasteiger partial charge < -0.3 is 5.73 Å². The Bertz CT molecular complexity index is 375. The molecular formula is C11H18BrN3O. The molecular weight excluding hydrogens is 270 g/mol. The average molecular weight is 288 g/mol. The minimum atomic E-state index is -0.455. The lowest BCUT2D eigenvalue weighted by atomic mass is 9.95. The van der Waals surface area contributed by atoms with Crippen molar-refractivity contribution < 1.29 is 4.79 Å². The van der Waals surface area contributed by atoms with E-state index in [0.717, 1.165) is 10.9 Å². The second-order valence-corrected chi connectivity index (χ2v) is 4.79. The number of carbonyl (C=O) groups excluding carboxylic acids is 1. The molecule has 90 valence electrons. The fourth-order valence-electron chi connectivity index (χ4n) is 1.52. The first-order chi connectivity index (χ1) is 7.52. The molecule has 0 radical (unpaired) electrons. The molecule has 0 fully saturated rings. The first-order valence-corrected chi connectivity index (χ1v) is 6.33. The monoisotopic (exact) mass is 287 g/mol. The second kappa shape index (κ2) is 5.59. The smallest absolute Gasteiger partial charge is 0.198 e. The van der Waals surface area contributed by atoms with Crippen LogP contribution in [0.25, 0.3) is 0 Å². The minimum absolute atomic E-state index is 0.0411. The van der Waals surface area contributed by atoms with Crippen LogP contribution in [0, 0.1) is 5.92 Å². The van der Waals surface area contributed by atoms with E-state index in [1.807, 2.05) is 20.8 Å². The Labute approximate surface area is 104 Å². The fraction of sp³-hybridized carbons (Fsp3) is 0.636. The van der Waals surface area contributed by atoms with Gasteiger partial charge in [-0.05, 0) is 28.8 Å². The summed E-state index contributed by atoms with van der Waals surface area (Å²) in [7, 11) is 0. The molecule has 2 unspecified atom stereocenters. The number of halogens is 1. The number of nitrogens with two attached hydrogens (primary N) is 1. The molecule has 0 aromatic carbocycles. The van der Waals surface area contributed by atoms with E-state index in [-0.39, 0.29) is 11.7 Å². The van der Waals surface area contributed by atoms with Crippen molar-refractivity contribution in [3.8, 4) is 0 Å². The molecule has 5 heteroatoms. The number of carbonyl (C=O) groups is 1. The van der Waals surface area contributed by atoms with Crippen LogP contribution in [0.2, 0.25) is 0 Å². The van der Waals surface area contributed by atoms with E-state index >= 15 is 0 Å². The van der Waals surface area contributed by atoms with Crippen LogP contribution in [0.1, 0.15) is 37.7 Å². The van der Waals surface area contributed by atoms with E-state index in [9.17, 15) is 4.79 Å². The van der Waals surface area contributed by atoms with Gasteiger partial charge in [-0.1, -0.05) is 20.3 Å². The third-order valence-corrected chi connectivity index (χ3v) is 3.47. The van der Waals surface area contributed by atoms with Crippen LogP contribution in [0.3, 0.4) is 0 Å². The first kappa shape index (κ1) is 13.4. The number of nitrogens with zero attached hydrogens (tertiary/aromatic N) is 2. The predicted octanol–water partition coefficient (Wildman–Crippen LogP) is 2.22. The molecule has 0 spiro atoms. The summed E-state index contributed by atoms with van der Waals surface area (Å²) in [5, 5.41) is 4.12. The standard InChI is InChI=1S/C11H18BrN3O/c1-4-7(3)9(13)11(16)10-8(12)6-14-15(10)5-2/h6-7,9H,4-5,13H2,1-3H3. The van der Waals surface area contributed by atoms with Crippen LogP contribution in [0.5, 0.6) is 0 Å². The second-order valence-electron chi connectivity index (χ2n) is 3.93. The summed E-state index contributed by atoms with van der Waals surface area (Å²) >= 11 is 3.34. The first-order valence-electron chi connectivity index (χ1n) is 5.53. The normalized spacial score (nSPS) is 14.8. The van der Waals surface area contributed by atoms with Crippen molar-refractivity contribution in [1.29, 1.82) is 0 Å². The number of hydrogen-bond donors (Lipinski definition) is 1. The summed E-state index contributed by atoms with van der Waals surface area (Å²) in [5.74, 6) is 0.139. The van der Waals surface area contributed by atoms with E-state index in [2.05, 4.69) is 21.0 Å². The Hall–Kier alpha value is -0.680. The van der Waals surface area contributed by atoms with E-state index in [1.165, 1.54) is 0 Å². The van der Waals surface area contributed by atoms with Crippen molar-refractivity contribution in [2.75, 3.05) is 0 Å². The van der Waals surface area contributed by atoms with Crippen LogP contribution in [-0.2, 0) is 6.54 Å². The molecule has 0 aliphatic heterocycles. The Morgan fingerprint density at radius 1 is 1.62 bits per heavy atom. The third-order valence-electron chi connectivity index (χ3n) is 2.89. The molecule has 0 saturated heterocycles. The van der Waals surface area contributed by atoms with Gasteiger partial charge in [0.2, 0.25) is 0 Å². The molecule has 0 aliphatic carbocycles. The molecule has 2 atom stereocenters. The molecule has 1 aromatic rings. The number of hydrogen-bond acceptors (Lipinski definition) is 3. The summed E-state index contributed by atoms with van der Waals surface area (Å²) in [6.07, 6.45) is 2.53. The lowest BCUT2D eigenvalue weighted by Gasteiger charge is -2.17. The molecule has 4 nitrogen and oxygen atoms in total. The summed E-state index contributed by atoms with van der Waals surface area (Å²) in [4.78, 5) is 12.2. The summed E-state index contributed by atoms with van der Waals surface area (Å²) in [6, 6.07) is -0.455. The molecule has 16 heavy (non-hydrogen) atoms. The Morgan fingerprint density at radius 2 is 2.25 bits per heavy atom. The molecule has 2 N–H and O–H groups in total. The van der Waals surface area contributed by atoms with Gasteiger partial charge in [-0.3, -0.25) is 9.48 Å². The van der Waals surface area contributed by atoms with Crippen molar-refractivity contribution in [3.05, 3.63) is 16.4 Å². The van der Waals surface area contributed by atoms with Gasteiger partial charge in [-0.15, -0.1) is 0 Å². The van der Waals surface area contributed by atoms with E-state index in [4.69, 9.17) is 5.73 Å². The van der Waals surface area contributed by atoms with Crippen LogP contribution in [0.15, 0.2) is 10.7 Å². The molecule has 1 rings (SSSR count). The zero-order valence-corrected chi connectivity index (χ0v) is 11.5. The van der Waals surface area contributed by atoms with Gasteiger partial charge in [-0.25, -0.2) is 0 Å². The maximum Gasteiger partial charge on any atom is 0.198 e. The quantitative estimate of drug-likeness (QED) is 0.845. The van der Waals surface area contributed by atoms with Gasteiger partial charge in [0.25, 0.3) is 0 Å². The molecule has 0 bridgehead atoms. The summed E-state index contributed by atoms with van der Waals surface area (Å²) < 4.78 is 2.40. The molecule has 1 heterocycles. The van der Waals surface area contributed by atoms with Gasteiger partial charge in [0.15, 0.2) is 5.78 Å². The third kappa shape index (κ3) is 2.52. The van der Waals surface area contributed by atoms with Gasteiger partial charge in [0.1, 0.15) is 5.69 Å². The number of aromatic nitrogens is 2. The average Bonchev–Trinajstić information content (AvgIpc) is 2.67. The number of ketones is 1.